The van der Waals surface area contributed by atoms with Gasteiger partial charge in [0.25, 0.3) is 0 Å². The number of phenols is 1. The van der Waals surface area contributed by atoms with Crippen molar-refractivity contribution in [2.45, 2.75) is 19.1 Å². The molecule has 0 bridgehead atoms. The number of hydrogen-bond acceptors (Lipinski definition) is 8. The average molecular weight is 375 g/mol. The second-order valence-electron chi connectivity index (χ2n) is 5.99. The van der Waals surface area contributed by atoms with Crippen molar-refractivity contribution in [3.8, 4) is 17.2 Å². The number of methoxy groups -OCH3 is 2. The maximum atomic E-state index is 14.1. The molecule has 0 aliphatic carbocycles. The van der Waals surface area contributed by atoms with Crippen LogP contribution in [-0.4, -0.2) is 45.5 Å². The highest BCUT2D eigenvalue weighted by Crippen LogP contribution is 2.40. The van der Waals surface area contributed by atoms with Crippen molar-refractivity contribution in [3.63, 3.8) is 0 Å². The molecule has 0 radical (unpaired) electrons. The van der Waals surface area contributed by atoms with E-state index in [2.05, 4.69) is 20.3 Å². The normalized spacial score (nSPS) is 16.6. The van der Waals surface area contributed by atoms with Crippen molar-refractivity contribution in [1.82, 2.24) is 19.5 Å². The second-order valence-corrected chi connectivity index (χ2v) is 5.99. The first-order valence-electron chi connectivity index (χ1n) is 8.34. The van der Waals surface area contributed by atoms with E-state index in [1.165, 1.54) is 14.2 Å². The van der Waals surface area contributed by atoms with Crippen LogP contribution in [0.5, 0.6) is 17.2 Å². The molecule has 1 atom stereocenters. The molecule has 1 aliphatic heterocycles. The number of rotatable bonds is 5. The minimum absolute atomic E-state index is 0.132. The Kier molecular flexibility index (Phi) is 4.40. The number of imidazole rings is 1. The fourth-order valence-corrected chi connectivity index (χ4v) is 3.07. The van der Waals surface area contributed by atoms with Crippen LogP contribution in [0.1, 0.15) is 19.1 Å². The van der Waals surface area contributed by atoms with Crippen LogP contribution in [-0.2, 0) is 4.74 Å². The van der Waals surface area contributed by atoms with Crippen LogP contribution in [0.4, 0.5) is 15.9 Å². The lowest BCUT2D eigenvalue weighted by Gasteiger charge is -2.13. The minimum atomic E-state index is -0.887. The predicted octanol–water partition coefficient (Wildman–Crippen LogP) is 2.74. The van der Waals surface area contributed by atoms with E-state index >= 15 is 0 Å². The number of halogens is 1. The first kappa shape index (κ1) is 17.3. The molecule has 27 heavy (non-hydrogen) atoms. The van der Waals surface area contributed by atoms with Gasteiger partial charge in [-0.15, -0.1) is 0 Å². The van der Waals surface area contributed by atoms with E-state index in [1.807, 2.05) is 0 Å². The van der Waals surface area contributed by atoms with Crippen molar-refractivity contribution in [2.75, 3.05) is 26.1 Å². The molecular formula is C17H18FN5O4. The highest BCUT2D eigenvalue weighted by Gasteiger charge is 2.23. The first-order valence-corrected chi connectivity index (χ1v) is 8.34. The number of nitrogens with one attached hydrogen (secondary N) is 1. The number of anilines is 2. The van der Waals surface area contributed by atoms with Gasteiger partial charge in [0, 0.05) is 24.4 Å². The molecule has 1 fully saturated rings. The Bertz CT molecular complexity index is 962. The van der Waals surface area contributed by atoms with Gasteiger partial charge in [0.1, 0.15) is 6.23 Å². The third kappa shape index (κ3) is 3.08. The topological polar surface area (TPSA) is 104 Å². The summed E-state index contributed by atoms with van der Waals surface area (Å²) < 4.78 is 31.7. The van der Waals surface area contributed by atoms with Crippen LogP contribution in [0.2, 0.25) is 0 Å². The van der Waals surface area contributed by atoms with Crippen molar-refractivity contribution < 1.29 is 23.7 Å². The van der Waals surface area contributed by atoms with Crippen molar-refractivity contribution >= 4 is 22.7 Å². The van der Waals surface area contributed by atoms with E-state index in [-0.39, 0.29) is 29.3 Å². The summed E-state index contributed by atoms with van der Waals surface area (Å²) in [5.74, 6) is 0.455. The zero-order chi connectivity index (χ0) is 19.0. The quantitative estimate of drug-likeness (QED) is 0.518. The summed E-state index contributed by atoms with van der Waals surface area (Å²) >= 11 is 0. The molecule has 4 rings (SSSR count). The van der Waals surface area contributed by atoms with Gasteiger partial charge in [0.15, 0.2) is 28.5 Å². The fourth-order valence-electron chi connectivity index (χ4n) is 3.07. The van der Waals surface area contributed by atoms with E-state index < -0.39 is 6.08 Å². The van der Waals surface area contributed by atoms with Gasteiger partial charge < -0.3 is 24.6 Å². The van der Waals surface area contributed by atoms with Crippen molar-refractivity contribution in [2.24, 2.45) is 0 Å². The largest absolute Gasteiger partial charge is 0.502 e. The van der Waals surface area contributed by atoms with Crippen LogP contribution in [0, 0.1) is 6.08 Å². The Labute approximate surface area is 153 Å². The zero-order valence-corrected chi connectivity index (χ0v) is 14.8. The summed E-state index contributed by atoms with van der Waals surface area (Å²) in [4.78, 5) is 12.0. The predicted molar refractivity (Wildman–Crippen MR) is 94.0 cm³/mol. The summed E-state index contributed by atoms with van der Waals surface area (Å²) in [7, 11) is 2.84. The molecule has 1 saturated heterocycles. The van der Waals surface area contributed by atoms with Gasteiger partial charge in [-0.05, 0) is 12.8 Å². The Morgan fingerprint density at radius 2 is 2.00 bits per heavy atom. The number of ether oxygens (including phenoxy) is 3. The number of aromatic nitrogens is 4. The van der Waals surface area contributed by atoms with Crippen LogP contribution in [0.15, 0.2) is 18.5 Å². The van der Waals surface area contributed by atoms with Crippen LogP contribution >= 0.6 is 0 Å². The number of hydrogen-bond donors (Lipinski definition) is 2. The smallest absolute Gasteiger partial charge is 0.312 e. The van der Waals surface area contributed by atoms with Crippen molar-refractivity contribution in [3.05, 3.63) is 24.5 Å². The maximum Gasteiger partial charge on any atom is 0.312 e. The maximum absolute atomic E-state index is 14.1. The number of aromatic hydroxyl groups is 1. The summed E-state index contributed by atoms with van der Waals surface area (Å²) in [6, 6.07) is 3.08. The molecule has 0 saturated carbocycles. The molecule has 10 heteroatoms. The summed E-state index contributed by atoms with van der Waals surface area (Å²) in [5.41, 5.74) is 1.22. The lowest BCUT2D eigenvalue weighted by molar-refractivity contribution is 0.0592. The molecule has 3 heterocycles. The number of benzene rings is 1. The monoisotopic (exact) mass is 375 g/mol. The molecule has 1 aromatic carbocycles. The fraction of sp³-hybridized carbons (Fsp3) is 0.353. The Balaban J connectivity index is 1.76. The van der Waals surface area contributed by atoms with E-state index in [0.717, 1.165) is 12.8 Å². The highest BCUT2D eigenvalue weighted by molar-refractivity contribution is 5.85. The lowest BCUT2D eigenvalue weighted by atomic mass is 10.2. The van der Waals surface area contributed by atoms with E-state index in [1.54, 1.807) is 23.0 Å². The van der Waals surface area contributed by atoms with E-state index in [0.29, 0.717) is 23.5 Å². The molecule has 3 aromatic rings. The van der Waals surface area contributed by atoms with Gasteiger partial charge in [-0.2, -0.15) is 14.4 Å². The van der Waals surface area contributed by atoms with E-state index in [4.69, 9.17) is 14.2 Å². The molecule has 1 unspecified atom stereocenters. The van der Waals surface area contributed by atoms with Crippen LogP contribution < -0.4 is 14.8 Å². The SMILES string of the molecule is COc1cc(Nc2nc(F)nc3c2ncn3C2CCCO2)cc(OC)c1O. The molecule has 2 N–H and O–H groups in total. The molecule has 2 aromatic heterocycles. The van der Waals surface area contributed by atoms with Crippen LogP contribution in [0.25, 0.3) is 11.2 Å². The number of fused-ring (bicyclic) bond motifs is 1. The molecule has 9 nitrogen and oxygen atoms in total. The summed E-state index contributed by atoms with van der Waals surface area (Å²) in [6.07, 6.45) is 2.20. The third-order valence-electron chi connectivity index (χ3n) is 4.35. The highest BCUT2D eigenvalue weighted by atomic mass is 19.1. The summed E-state index contributed by atoms with van der Waals surface area (Å²) in [6.45, 7) is 0.649. The van der Waals surface area contributed by atoms with Gasteiger partial charge in [-0.3, -0.25) is 4.57 Å². The molecule has 1 aliphatic rings. The van der Waals surface area contributed by atoms with E-state index in [9.17, 15) is 9.50 Å². The number of nitrogens with zero attached hydrogens (tertiary/aromatic N) is 4. The standard InChI is InChI=1S/C17H18FN5O4/c1-25-10-6-9(7-11(26-2)14(10)24)20-15-13-16(22-17(18)21-15)23(8-19-13)12-4-3-5-27-12/h6-8,12,24H,3-5H2,1-2H3,(H,20,21,22). The van der Waals surface area contributed by atoms with Crippen LogP contribution in [0.3, 0.4) is 0 Å². The van der Waals surface area contributed by atoms with Gasteiger partial charge in [-0.25, -0.2) is 4.98 Å². The van der Waals surface area contributed by atoms with Gasteiger partial charge in [0.05, 0.1) is 20.5 Å². The molecule has 0 spiro atoms. The molecule has 142 valence electrons. The Hall–Kier alpha value is -3.14. The second kappa shape index (κ2) is 6.88. The molecule has 0 amide bonds. The zero-order valence-electron chi connectivity index (χ0n) is 14.8. The van der Waals surface area contributed by atoms with Crippen molar-refractivity contribution in [1.29, 1.82) is 0 Å². The minimum Gasteiger partial charge on any atom is -0.502 e. The Morgan fingerprint density at radius 1 is 1.26 bits per heavy atom. The average Bonchev–Trinajstić information content (AvgIpc) is 3.32. The molecular weight excluding hydrogens is 357 g/mol. The number of phenolic OH excluding ortho intramolecular Hbond substituents is 1. The van der Waals surface area contributed by atoms with Gasteiger partial charge in [-0.1, -0.05) is 0 Å². The van der Waals surface area contributed by atoms with Gasteiger partial charge in [0.2, 0.25) is 5.75 Å². The first-order chi connectivity index (χ1) is 13.1. The summed E-state index contributed by atoms with van der Waals surface area (Å²) in [5, 5.41) is 13.0. The van der Waals surface area contributed by atoms with Gasteiger partial charge >= 0.3 is 6.08 Å². The third-order valence-corrected chi connectivity index (χ3v) is 4.35. The Morgan fingerprint density at radius 3 is 2.63 bits per heavy atom. The lowest BCUT2D eigenvalue weighted by Crippen LogP contribution is -2.08.